The Bertz CT molecular complexity index is 457. The molecular formula is C10H16N2O3S. The topological polar surface area (TPSA) is 81.4 Å². The van der Waals surface area contributed by atoms with Crippen LogP contribution in [-0.4, -0.2) is 21.3 Å². The number of ether oxygens (including phenoxy) is 1. The van der Waals surface area contributed by atoms with Gasteiger partial charge in [-0.3, -0.25) is 4.72 Å². The smallest absolute Gasteiger partial charge is 0.232 e. The van der Waals surface area contributed by atoms with Gasteiger partial charge in [0, 0.05) is 5.69 Å². The minimum Gasteiger partial charge on any atom is -0.495 e. The Morgan fingerprint density at radius 2 is 2.12 bits per heavy atom. The van der Waals surface area contributed by atoms with E-state index in [1.807, 2.05) is 0 Å². The Morgan fingerprint density at radius 1 is 1.44 bits per heavy atom. The van der Waals surface area contributed by atoms with Crippen molar-refractivity contribution in [2.24, 2.45) is 0 Å². The van der Waals surface area contributed by atoms with Crippen molar-refractivity contribution >= 4 is 21.4 Å². The third kappa shape index (κ3) is 3.30. The van der Waals surface area contributed by atoms with Gasteiger partial charge < -0.3 is 10.5 Å². The minimum absolute atomic E-state index is 0.0744. The summed E-state index contributed by atoms with van der Waals surface area (Å²) < 4.78 is 30.6. The SMILES string of the molecule is CCCS(=O)(=O)Nc1cc(N)ccc1OC. The molecule has 90 valence electrons. The summed E-state index contributed by atoms with van der Waals surface area (Å²) in [7, 11) is -1.84. The maximum Gasteiger partial charge on any atom is 0.232 e. The Hall–Kier alpha value is -1.43. The van der Waals surface area contributed by atoms with Gasteiger partial charge in [-0.05, 0) is 24.6 Å². The van der Waals surface area contributed by atoms with Crippen molar-refractivity contribution in [3.63, 3.8) is 0 Å². The van der Waals surface area contributed by atoms with Gasteiger partial charge in [0.25, 0.3) is 0 Å². The second kappa shape index (κ2) is 5.07. The molecule has 1 aromatic carbocycles. The molecule has 0 aliphatic carbocycles. The highest BCUT2D eigenvalue weighted by molar-refractivity contribution is 7.92. The Balaban J connectivity index is 3.00. The molecule has 1 aromatic rings. The second-order valence-corrected chi connectivity index (χ2v) is 5.22. The molecule has 0 saturated carbocycles. The fourth-order valence-corrected chi connectivity index (χ4v) is 2.43. The van der Waals surface area contributed by atoms with E-state index in [1.54, 1.807) is 19.1 Å². The van der Waals surface area contributed by atoms with Gasteiger partial charge in [-0.2, -0.15) is 0 Å². The van der Waals surface area contributed by atoms with Gasteiger partial charge in [0.1, 0.15) is 5.75 Å². The number of nitrogen functional groups attached to an aromatic ring is 1. The molecule has 5 nitrogen and oxygen atoms in total. The molecule has 0 unspecified atom stereocenters. The van der Waals surface area contributed by atoms with Crippen molar-refractivity contribution < 1.29 is 13.2 Å². The van der Waals surface area contributed by atoms with Crippen molar-refractivity contribution in [3.05, 3.63) is 18.2 Å². The van der Waals surface area contributed by atoms with E-state index in [-0.39, 0.29) is 5.75 Å². The highest BCUT2D eigenvalue weighted by Crippen LogP contribution is 2.27. The lowest BCUT2D eigenvalue weighted by atomic mass is 10.2. The van der Waals surface area contributed by atoms with E-state index in [9.17, 15) is 8.42 Å². The summed E-state index contributed by atoms with van der Waals surface area (Å²) in [6.07, 6.45) is 0.556. The van der Waals surface area contributed by atoms with Crippen molar-refractivity contribution in [3.8, 4) is 5.75 Å². The van der Waals surface area contributed by atoms with Gasteiger partial charge in [-0.25, -0.2) is 8.42 Å². The quantitative estimate of drug-likeness (QED) is 0.768. The number of nitrogens with one attached hydrogen (secondary N) is 1. The summed E-state index contributed by atoms with van der Waals surface area (Å²) in [6, 6.07) is 4.81. The molecule has 16 heavy (non-hydrogen) atoms. The maximum absolute atomic E-state index is 11.6. The van der Waals surface area contributed by atoms with Crippen LogP contribution in [0.3, 0.4) is 0 Å². The van der Waals surface area contributed by atoms with Crippen molar-refractivity contribution in [2.45, 2.75) is 13.3 Å². The zero-order valence-electron chi connectivity index (χ0n) is 9.36. The highest BCUT2D eigenvalue weighted by atomic mass is 32.2. The highest BCUT2D eigenvalue weighted by Gasteiger charge is 2.12. The first kappa shape index (κ1) is 12.6. The Morgan fingerprint density at radius 3 is 2.69 bits per heavy atom. The van der Waals surface area contributed by atoms with E-state index in [1.165, 1.54) is 13.2 Å². The van der Waals surface area contributed by atoms with Crippen molar-refractivity contribution in [1.82, 2.24) is 0 Å². The van der Waals surface area contributed by atoms with Gasteiger partial charge in [-0.1, -0.05) is 6.92 Å². The van der Waals surface area contributed by atoms with Crippen LogP contribution in [0.15, 0.2) is 18.2 Å². The van der Waals surface area contributed by atoms with Crippen LogP contribution in [0.1, 0.15) is 13.3 Å². The molecule has 6 heteroatoms. The maximum atomic E-state index is 11.6. The van der Waals surface area contributed by atoms with Crippen LogP contribution < -0.4 is 15.2 Å². The van der Waals surface area contributed by atoms with E-state index < -0.39 is 10.0 Å². The molecule has 0 aromatic heterocycles. The summed E-state index contributed by atoms with van der Waals surface area (Å²) >= 11 is 0. The van der Waals surface area contributed by atoms with E-state index >= 15 is 0 Å². The lowest BCUT2D eigenvalue weighted by molar-refractivity contribution is 0.417. The van der Waals surface area contributed by atoms with Gasteiger partial charge in [0.05, 0.1) is 18.6 Å². The first-order valence-corrected chi connectivity index (χ1v) is 6.57. The number of anilines is 2. The zero-order chi connectivity index (χ0) is 12.2. The fraction of sp³-hybridized carbons (Fsp3) is 0.400. The van der Waals surface area contributed by atoms with Gasteiger partial charge >= 0.3 is 0 Å². The summed E-state index contributed by atoms with van der Waals surface area (Å²) in [4.78, 5) is 0. The fourth-order valence-electron chi connectivity index (χ4n) is 1.29. The Labute approximate surface area is 95.7 Å². The first-order valence-electron chi connectivity index (χ1n) is 4.92. The molecule has 0 aliphatic rings. The van der Waals surface area contributed by atoms with Crippen molar-refractivity contribution in [2.75, 3.05) is 23.3 Å². The molecule has 0 fully saturated rings. The summed E-state index contributed by atoms with van der Waals surface area (Å²) in [5.41, 5.74) is 6.44. The van der Waals surface area contributed by atoms with Gasteiger partial charge in [0.15, 0.2) is 0 Å². The number of hydrogen-bond acceptors (Lipinski definition) is 4. The standard InChI is InChI=1S/C10H16N2O3S/c1-3-6-16(13,14)12-9-7-8(11)4-5-10(9)15-2/h4-5,7,12H,3,6,11H2,1-2H3. The average Bonchev–Trinajstić information content (AvgIpc) is 2.17. The number of nitrogens with two attached hydrogens (primary N) is 1. The van der Waals surface area contributed by atoms with Gasteiger partial charge in [-0.15, -0.1) is 0 Å². The monoisotopic (exact) mass is 244 g/mol. The number of sulfonamides is 1. The molecule has 0 spiro atoms. The predicted octanol–water partition coefficient (Wildman–Crippen LogP) is 1.43. The lowest BCUT2D eigenvalue weighted by Gasteiger charge is -2.11. The van der Waals surface area contributed by atoms with Crippen LogP contribution >= 0.6 is 0 Å². The van der Waals surface area contributed by atoms with Crippen LogP contribution in [0.2, 0.25) is 0 Å². The molecule has 0 atom stereocenters. The average molecular weight is 244 g/mol. The van der Waals surface area contributed by atoms with E-state index in [0.29, 0.717) is 23.5 Å². The van der Waals surface area contributed by atoms with Crippen molar-refractivity contribution in [1.29, 1.82) is 0 Å². The summed E-state index contributed by atoms with van der Waals surface area (Å²) in [5.74, 6) is 0.527. The number of rotatable bonds is 5. The summed E-state index contributed by atoms with van der Waals surface area (Å²) in [5, 5.41) is 0. The third-order valence-electron chi connectivity index (χ3n) is 1.96. The van der Waals surface area contributed by atoms with Crippen LogP contribution in [0.25, 0.3) is 0 Å². The Kier molecular flexibility index (Phi) is 4.00. The van der Waals surface area contributed by atoms with Crippen LogP contribution in [0.4, 0.5) is 11.4 Å². The molecule has 0 bridgehead atoms. The normalized spacial score (nSPS) is 11.1. The third-order valence-corrected chi connectivity index (χ3v) is 3.44. The zero-order valence-corrected chi connectivity index (χ0v) is 10.2. The van der Waals surface area contributed by atoms with E-state index in [0.717, 1.165) is 0 Å². The minimum atomic E-state index is -3.32. The molecule has 0 radical (unpaired) electrons. The van der Waals surface area contributed by atoms with Crippen LogP contribution in [-0.2, 0) is 10.0 Å². The molecular weight excluding hydrogens is 228 g/mol. The van der Waals surface area contributed by atoms with Gasteiger partial charge in [0.2, 0.25) is 10.0 Å². The molecule has 0 heterocycles. The molecule has 3 N–H and O–H groups in total. The number of hydrogen-bond donors (Lipinski definition) is 2. The number of benzene rings is 1. The number of methoxy groups -OCH3 is 1. The second-order valence-electron chi connectivity index (χ2n) is 3.38. The van der Waals surface area contributed by atoms with E-state index in [4.69, 9.17) is 10.5 Å². The molecule has 1 rings (SSSR count). The van der Waals surface area contributed by atoms with Crippen LogP contribution in [0.5, 0.6) is 5.75 Å². The lowest BCUT2D eigenvalue weighted by Crippen LogP contribution is -2.16. The van der Waals surface area contributed by atoms with Crippen LogP contribution in [0, 0.1) is 0 Å². The van der Waals surface area contributed by atoms with E-state index in [2.05, 4.69) is 4.72 Å². The molecule has 0 amide bonds. The first-order chi connectivity index (χ1) is 7.48. The molecule has 0 saturated heterocycles. The molecule has 0 aliphatic heterocycles. The predicted molar refractivity (Wildman–Crippen MR) is 65.1 cm³/mol. The summed E-state index contributed by atoms with van der Waals surface area (Å²) in [6.45, 7) is 1.80. The largest absolute Gasteiger partial charge is 0.495 e.